The van der Waals surface area contributed by atoms with Crippen LogP contribution < -0.4 is 10.2 Å². The zero-order chi connectivity index (χ0) is 12.3. The Hall–Kier alpha value is -1.39. The molecule has 1 aromatic heterocycles. The van der Waals surface area contributed by atoms with Crippen molar-refractivity contribution in [1.29, 1.82) is 0 Å². The SMILES string of the molecule is CCCCN(c1nc(NC)ncc1F)C1CC1. The number of hydrogen-bond acceptors (Lipinski definition) is 4. The van der Waals surface area contributed by atoms with Crippen molar-refractivity contribution in [3.05, 3.63) is 12.0 Å². The van der Waals surface area contributed by atoms with Crippen molar-refractivity contribution in [2.75, 3.05) is 23.8 Å². The molecule has 0 unspecified atom stereocenters. The number of hydrogen-bond donors (Lipinski definition) is 1. The average molecular weight is 238 g/mol. The summed E-state index contributed by atoms with van der Waals surface area (Å²) in [5.74, 6) is 0.593. The fourth-order valence-corrected chi connectivity index (χ4v) is 1.86. The summed E-state index contributed by atoms with van der Waals surface area (Å²) in [6.07, 6.45) is 5.70. The first kappa shape index (κ1) is 12.1. The molecule has 0 spiro atoms. The molecule has 1 saturated carbocycles. The van der Waals surface area contributed by atoms with Crippen LogP contribution in [-0.4, -0.2) is 29.6 Å². The minimum Gasteiger partial charge on any atom is -0.357 e. The van der Waals surface area contributed by atoms with Gasteiger partial charge in [-0.25, -0.2) is 9.37 Å². The van der Waals surface area contributed by atoms with Gasteiger partial charge < -0.3 is 10.2 Å². The summed E-state index contributed by atoms with van der Waals surface area (Å²) in [7, 11) is 1.74. The lowest BCUT2D eigenvalue weighted by atomic mass is 10.3. The monoisotopic (exact) mass is 238 g/mol. The normalized spacial score (nSPS) is 14.8. The Morgan fingerprint density at radius 1 is 1.53 bits per heavy atom. The topological polar surface area (TPSA) is 41.1 Å². The largest absolute Gasteiger partial charge is 0.357 e. The van der Waals surface area contributed by atoms with Crippen LogP contribution in [-0.2, 0) is 0 Å². The second-order valence-corrected chi connectivity index (χ2v) is 4.39. The molecule has 0 amide bonds. The first-order valence-corrected chi connectivity index (χ1v) is 6.23. The lowest BCUT2D eigenvalue weighted by Gasteiger charge is -2.23. The molecule has 1 fully saturated rings. The fraction of sp³-hybridized carbons (Fsp3) is 0.667. The molecule has 2 rings (SSSR count). The Labute approximate surface area is 101 Å². The minimum absolute atomic E-state index is 0.327. The van der Waals surface area contributed by atoms with E-state index >= 15 is 0 Å². The number of rotatable bonds is 6. The quantitative estimate of drug-likeness (QED) is 0.826. The first-order chi connectivity index (χ1) is 8.26. The molecule has 1 aliphatic carbocycles. The molecule has 0 aliphatic heterocycles. The smallest absolute Gasteiger partial charge is 0.224 e. The van der Waals surface area contributed by atoms with Crippen LogP contribution in [0.1, 0.15) is 32.6 Å². The first-order valence-electron chi connectivity index (χ1n) is 6.23. The molecule has 1 aromatic rings. The number of nitrogens with zero attached hydrogens (tertiary/aromatic N) is 3. The van der Waals surface area contributed by atoms with E-state index in [1.807, 2.05) is 0 Å². The van der Waals surface area contributed by atoms with E-state index in [0.29, 0.717) is 17.8 Å². The van der Waals surface area contributed by atoms with Gasteiger partial charge in [0.2, 0.25) is 5.95 Å². The predicted octanol–water partition coefficient (Wildman–Crippen LogP) is 2.43. The van der Waals surface area contributed by atoms with Gasteiger partial charge in [-0.3, -0.25) is 0 Å². The molecule has 1 aliphatic rings. The van der Waals surface area contributed by atoms with Gasteiger partial charge in [0.1, 0.15) is 0 Å². The second kappa shape index (κ2) is 5.29. The third-order valence-corrected chi connectivity index (χ3v) is 2.96. The van der Waals surface area contributed by atoms with Crippen LogP contribution in [0.25, 0.3) is 0 Å². The Kier molecular flexibility index (Phi) is 3.76. The Bertz CT molecular complexity index is 379. The standard InChI is InChI=1S/C12H19FN4/c1-3-4-7-17(9-5-6-9)11-10(13)8-15-12(14-2)16-11/h8-9H,3-7H2,1-2H3,(H,14,15,16). The van der Waals surface area contributed by atoms with E-state index in [2.05, 4.69) is 27.1 Å². The number of unbranched alkanes of at least 4 members (excludes halogenated alkanes) is 1. The molecule has 0 bridgehead atoms. The van der Waals surface area contributed by atoms with Gasteiger partial charge in [0, 0.05) is 19.6 Å². The zero-order valence-corrected chi connectivity index (χ0v) is 10.4. The highest BCUT2D eigenvalue weighted by molar-refractivity contribution is 5.45. The van der Waals surface area contributed by atoms with E-state index in [1.54, 1.807) is 7.05 Å². The maximum Gasteiger partial charge on any atom is 0.224 e. The maximum atomic E-state index is 13.8. The maximum absolute atomic E-state index is 13.8. The van der Waals surface area contributed by atoms with Gasteiger partial charge in [0.05, 0.1) is 6.20 Å². The molecular formula is C12H19FN4. The van der Waals surface area contributed by atoms with Gasteiger partial charge in [-0.05, 0) is 19.3 Å². The van der Waals surface area contributed by atoms with Crippen LogP contribution in [0.5, 0.6) is 0 Å². The number of halogens is 1. The van der Waals surface area contributed by atoms with Crippen LogP contribution in [0.15, 0.2) is 6.20 Å². The molecule has 1 N–H and O–H groups in total. The molecule has 0 atom stereocenters. The lowest BCUT2D eigenvalue weighted by molar-refractivity contribution is 0.594. The van der Waals surface area contributed by atoms with E-state index in [0.717, 1.165) is 32.2 Å². The summed E-state index contributed by atoms with van der Waals surface area (Å²) in [5, 5.41) is 2.85. The third-order valence-electron chi connectivity index (χ3n) is 2.96. The lowest BCUT2D eigenvalue weighted by Crippen LogP contribution is -2.29. The highest BCUT2D eigenvalue weighted by atomic mass is 19.1. The van der Waals surface area contributed by atoms with Crippen molar-refractivity contribution >= 4 is 11.8 Å². The van der Waals surface area contributed by atoms with Crippen molar-refractivity contribution < 1.29 is 4.39 Å². The van der Waals surface area contributed by atoms with Crippen LogP contribution in [0.4, 0.5) is 16.2 Å². The van der Waals surface area contributed by atoms with Crippen LogP contribution in [0.2, 0.25) is 0 Å². The molecule has 4 nitrogen and oxygen atoms in total. The highest BCUT2D eigenvalue weighted by Crippen LogP contribution is 2.32. The van der Waals surface area contributed by atoms with Gasteiger partial charge in [0.25, 0.3) is 0 Å². The molecule has 5 heteroatoms. The number of aromatic nitrogens is 2. The van der Waals surface area contributed by atoms with Gasteiger partial charge in [-0.15, -0.1) is 0 Å². The summed E-state index contributed by atoms with van der Waals surface area (Å²) in [4.78, 5) is 10.2. The zero-order valence-electron chi connectivity index (χ0n) is 10.4. The average Bonchev–Trinajstić information content (AvgIpc) is 3.16. The van der Waals surface area contributed by atoms with E-state index in [4.69, 9.17) is 0 Å². The number of anilines is 2. The van der Waals surface area contributed by atoms with Crippen molar-refractivity contribution in [3.63, 3.8) is 0 Å². The Morgan fingerprint density at radius 2 is 2.29 bits per heavy atom. The Morgan fingerprint density at radius 3 is 2.88 bits per heavy atom. The summed E-state index contributed by atoms with van der Waals surface area (Å²) in [5.41, 5.74) is 0. The Balaban J connectivity index is 2.21. The van der Waals surface area contributed by atoms with Crippen LogP contribution in [0.3, 0.4) is 0 Å². The van der Waals surface area contributed by atoms with Gasteiger partial charge in [0.15, 0.2) is 11.6 Å². The van der Waals surface area contributed by atoms with E-state index < -0.39 is 0 Å². The van der Waals surface area contributed by atoms with E-state index in [9.17, 15) is 4.39 Å². The van der Waals surface area contributed by atoms with Crippen LogP contribution in [0, 0.1) is 5.82 Å². The molecular weight excluding hydrogens is 219 g/mol. The van der Waals surface area contributed by atoms with E-state index in [1.165, 1.54) is 6.20 Å². The van der Waals surface area contributed by atoms with Crippen molar-refractivity contribution in [3.8, 4) is 0 Å². The molecule has 0 radical (unpaired) electrons. The van der Waals surface area contributed by atoms with Crippen molar-refractivity contribution in [2.24, 2.45) is 0 Å². The molecule has 94 valence electrons. The van der Waals surface area contributed by atoms with E-state index in [-0.39, 0.29) is 5.82 Å². The predicted molar refractivity (Wildman–Crippen MR) is 66.8 cm³/mol. The van der Waals surface area contributed by atoms with Crippen molar-refractivity contribution in [2.45, 2.75) is 38.6 Å². The molecule has 1 heterocycles. The van der Waals surface area contributed by atoms with Gasteiger partial charge >= 0.3 is 0 Å². The second-order valence-electron chi connectivity index (χ2n) is 4.39. The molecule has 0 saturated heterocycles. The van der Waals surface area contributed by atoms with Gasteiger partial charge in [-0.2, -0.15) is 4.98 Å². The third kappa shape index (κ3) is 2.84. The molecule has 0 aromatic carbocycles. The highest BCUT2D eigenvalue weighted by Gasteiger charge is 2.31. The molecule has 17 heavy (non-hydrogen) atoms. The summed E-state index contributed by atoms with van der Waals surface area (Å²) in [6, 6.07) is 0.468. The fourth-order valence-electron chi connectivity index (χ4n) is 1.86. The van der Waals surface area contributed by atoms with Crippen LogP contribution >= 0.6 is 0 Å². The summed E-state index contributed by atoms with van der Waals surface area (Å²) >= 11 is 0. The van der Waals surface area contributed by atoms with Crippen molar-refractivity contribution in [1.82, 2.24) is 9.97 Å². The summed E-state index contributed by atoms with van der Waals surface area (Å²) in [6.45, 7) is 3.01. The minimum atomic E-state index is -0.327. The number of nitrogens with one attached hydrogen (secondary N) is 1. The van der Waals surface area contributed by atoms with Gasteiger partial charge in [-0.1, -0.05) is 13.3 Å². The summed E-state index contributed by atoms with van der Waals surface area (Å²) < 4.78 is 13.8.